The lowest BCUT2D eigenvalue weighted by molar-refractivity contribution is 0.0999. The quantitative estimate of drug-likeness (QED) is 0.779. The minimum Gasteiger partial charge on any atom is -0.366 e. The Labute approximate surface area is 115 Å². The number of amides is 3. The number of rotatable bonds is 3. The van der Waals surface area contributed by atoms with Crippen LogP contribution in [0.2, 0.25) is 0 Å². The molecule has 0 saturated heterocycles. The molecule has 3 rings (SSSR count). The lowest BCUT2D eigenvalue weighted by atomic mass is 10.0. The molecule has 3 amide bonds. The highest BCUT2D eigenvalue weighted by molar-refractivity contribution is 5.95. The summed E-state index contributed by atoms with van der Waals surface area (Å²) in [5.41, 5.74) is 6.65. The first-order valence-corrected chi connectivity index (χ1v) is 6.74. The fraction of sp³-hybridized carbons (Fsp3) is 0.429. The molecule has 1 aromatic rings. The first-order valence-electron chi connectivity index (χ1n) is 6.74. The maximum Gasteiger partial charge on any atom is 0.315 e. The van der Waals surface area contributed by atoms with Gasteiger partial charge in [-0.2, -0.15) is 0 Å². The van der Waals surface area contributed by atoms with Gasteiger partial charge in [0, 0.05) is 17.2 Å². The number of benzene rings is 1. The summed E-state index contributed by atoms with van der Waals surface area (Å²) < 4.78 is 14.0. The number of hydrogen-bond acceptors (Lipinski definition) is 2. The smallest absolute Gasteiger partial charge is 0.315 e. The lowest BCUT2D eigenvalue weighted by Crippen LogP contribution is -2.38. The summed E-state index contributed by atoms with van der Waals surface area (Å²) in [7, 11) is 0. The molecular formula is C14H16FN3O2. The molecule has 0 radical (unpaired) electrons. The van der Waals surface area contributed by atoms with E-state index in [9.17, 15) is 14.0 Å². The minimum atomic E-state index is -0.565. The highest BCUT2D eigenvalue weighted by Crippen LogP contribution is 2.35. The van der Waals surface area contributed by atoms with E-state index in [2.05, 4.69) is 10.6 Å². The summed E-state index contributed by atoms with van der Waals surface area (Å²) >= 11 is 0. The van der Waals surface area contributed by atoms with Crippen LogP contribution in [0, 0.1) is 5.82 Å². The second-order valence-corrected chi connectivity index (χ2v) is 5.33. The van der Waals surface area contributed by atoms with Crippen molar-refractivity contribution in [3.63, 3.8) is 0 Å². The molecule has 6 heteroatoms. The SMILES string of the molecule is NC(=O)c1ccc(F)c2c1CCC2NC(=O)NC1CC1. The lowest BCUT2D eigenvalue weighted by Gasteiger charge is -2.16. The van der Waals surface area contributed by atoms with Gasteiger partial charge in [-0.25, -0.2) is 9.18 Å². The van der Waals surface area contributed by atoms with Crippen LogP contribution >= 0.6 is 0 Å². The number of urea groups is 1. The third-order valence-corrected chi connectivity index (χ3v) is 3.82. The summed E-state index contributed by atoms with van der Waals surface area (Å²) in [6, 6.07) is 2.20. The molecule has 0 heterocycles. The average Bonchev–Trinajstić information content (AvgIpc) is 3.09. The van der Waals surface area contributed by atoms with Crippen molar-refractivity contribution in [3.8, 4) is 0 Å². The van der Waals surface area contributed by atoms with Gasteiger partial charge in [0.05, 0.1) is 6.04 Å². The highest BCUT2D eigenvalue weighted by Gasteiger charge is 2.31. The molecule has 1 unspecified atom stereocenters. The van der Waals surface area contributed by atoms with Gasteiger partial charge < -0.3 is 16.4 Å². The van der Waals surface area contributed by atoms with Crippen LogP contribution < -0.4 is 16.4 Å². The van der Waals surface area contributed by atoms with Crippen molar-refractivity contribution in [2.45, 2.75) is 37.8 Å². The Kier molecular flexibility index (Phi) is 3.08. The predicted molar refractivity (Wildman–Crippen MR) is 70.7 cm³/mol. The zero-order chi connectivity index (χ0) is 14.3. The molecule has 4 N–H and O–H groups in total. The predicted octanol–water partition coefficient (Wildman–Crippen LogP) is 1.37. The van der Waals surface area contributed by atoms with Crippen LogP contribution in [-0.4, -0.2) is 18.0 Å². The van der Waals surface area contributed by atoms with E-state index in [0.717, 1.165) is 12.8 Å². The van der Waals surface area contributed by atoms with E-state index >= 15 is 0 Å². The van der Waals surface area contributed by atoms with Gasteiger partial charge in [-0.05, 0) is 43.4 Å². The van der Waals surface area contributed by atoms with Gasteiger partial charge in [0.2, 0.25) is 5.91 Å². The van der Waals surface area contributed by atoms with Crippen molar-refractivity contribution in [1.82, 2.24) is 10.6 Å². The molecule has 1 fully saturated rings. The Morgan fingerprint density at radius 1 is 1.20 bits per heavy atom. The Morgan fingerprint density at radius 2 is 1.95 bits per heavy atom. The molecular weight excluding hydrogens is 261 g/mol. The molecule has 0 aromatic heterocycles. The molecule has 0 bridgehead atoms. The van der Waals surface area contributed by atoms with Gasteiger partial charge in [0.15, 0.2) is 0 Å². The first kappa shape index (κ1) is 12.9. The fourth-order valence-corrected chi connectivity index (χ4v) is 2.70. The molecule has 106 valence electrons. The van der Waals surface area contributed by atoms with Crippen LogP contribution in [0.5, 0.6) is 0 Å². The van der Waals surface area contributed by atoms with E-state index in [-0.39, 0.29) is 12.1 Å². The number of primary amides is 1. The van der Waals surface area contributed by atoms with Gasteiger partial charge in [-0.3, -0.25) is 4.79 Å². The number of nitrogens with one attached hydrogen (secondary N) is 2. The Morgan fingerprint density at radius 3 is 2.60 bits per heavy atom. The Balaban J connectivity index is 1.83. The largest absolute Gasteiger partial charge is 0.366 e. The monoisotopic (exact) mass is 277 g/mol. The van der Waals surface area contributed by atoms with Gasteiger partial charge >= 0.3 is 6.03 Å². The third kappa shape index (κ3) is 2.33. The van der Waals surface area contributed by atoms with Crippen molar-refractivity contribution in [1.29, 1.82) is 0 Å². The van der Waals surface area contributed by atoms with Gasteiger partial charge in [-0.15, -0.1) is 0 Å². The van der Waals surface area contributed by atoms with Crippen molar-refractivity contribution in [3.05, 3.63) is 34.6 Å². The zero-order valence-corrected chi connectivity index (χ0v) is 10.9. The summed E-state index contributed by atoms with van der Waals surface area (Å²) in [6.45, 7) is 0. The van der Waals surface area contributed by atoms with Gasteiger partial charge in [0.1, 0.15) is 5.82 Å². The molecule has 0 spiro atoms. The highest BCUT2D eigenvalue weighted by atomic mass is 19.1. The molecule has 1 atom stereocenters. The second kappa shape index (κ2) is 4.77. The summed E-state index contributed by atoms with van der Waals surface area (Å²) in [6.07, 6.45) is 3.11. The number of fused-ring (bicyclic) bond motifs is 1. The van der Waals surface area contributed by atoms with E-state index < -0.39 is 17.8 Å². The Hall–Kier alpha value is -2.11. The Bertz CT molecular complexity index is 584. The molecule has 5 nitrogen and oxygen atoms in total. The summed E-state index contributed by atoms with van der Waals surface area (Å²) in [5.74, 6) is -0.969. The van der Waals surface area contributed by atoms with E-state index in [0.29, 0.717) is 29.5 Å². The molecule has 1 aromatic carbocycles. The first-order chi connectivity index (χ1) is 9.56. The number of hydrogen-bond donors (Lipinski definition) is 3. The fourth-order valence-electron chi connectivity index (χ4n) is 2.70. The maximum absolute atomic E-state index is 14.0. The van der Waals surface area contributed by atoms with Gasteiger partial charge in [-0.1, -0.05) is 0 Å². The van der Waals surface area contributed by atoms with E-state index in [4.69, 9.17) is 5.73 Å². The second-order valence-electron chi connectivity index (χ2n) is 5.33. The standard InChI is InChI=1S/C14H16FN3O2/c15-10-5-3-9(13(16)19)8-4-6-11(12(8)10)18-14(20)17-7-1-2-7/h3,5,7,11H,1-2,4,6H2,(H2,16,19)(H2,17,18,20). The molecule has 0 aliphatic heterocycles. The molecule has 20 heavy (non-hydrogen) atoms. The molecule has 2 aliphatic carbocycles. The molecule has 2 aliphatic rings. The topological polar surface area (TPSA) is 84.2 Å². The normalized spacial score (nSPS) is 20.4. The van der Waals surface area contributed by atoms with Crippen molar-refractivity contribution in [2.24, 2.45) is 5.73 Å². The van der Waals surface area contributed by atoms with Crippen LogP contribution in [0.15, 0.2) is 12.1 Å². The van der Waals surface area contributed by atoms with E-state index in [1.165, 1.54) is 12.1 Å². The number of nitrogens with two attached hydrogens (primary N) is 1. The maximum atomic E-state index is 14.0. The van der Waals surface area contributed by atoms with E-state index in [1.807, 2.05) is 0 Å². The number of carbonyl (C=O) groups excluding carboxylic acids is 2. The van der Waals surface area contributed by atoms with Crippen LogP contribution in [0.3, 0.4) is 0 Å². The van der Waals surface area contributed by atoms with Crippen molar-refractivity contribution < 1.29 is 14.0 Å². The summed E-state index contributed by atoms with van der Waals surface area (Å²) in [4.78, 5) is 23.1. The van der Waals surface area contributed by atoms with E-state index in [1.54, 1.807) is 0 Å². The number of halogens is 1. The van der Waals surface area contributed by atoms with Crippen LogP contribution in [0.4, 0.5) is 9.18 Å². The zero-order valence-electron chi connectivity index (χ0n) is 10.9. The van der Waals surface area contributed by atoms with Crippen molar-refractivity contribution >= 4 is 11.9 Å². The van der Waals surface area contributed by atoms with Crippen LogP contribution in [0.25, 0.3) is 0 Å². The van der Waals surface area contributed by atoms with Gasteiger partial charge in [0.25, 0.3) is 0 Å². The molecule has 1 saturated carbocycles. The van der Waals surface area contributed by atoms with Crippen LogP contribution in [0.1, 0.15) is 46.8 Å². The minimum absolute atomic E-state index is 0.248. The average molecular weight is 277 g/mol. The number of carbonyl (C=O) groups is 2. The van der Waals surface area contributed by atoms with Crippen LogP contribution in [-0.2, 0) is 6.42 Å². The third-order valence-electron chi connectivity index (χ3n) is 3.82. The van der Waals surface area contributed by atoms with Crippen molar-refractivity contribution in [2.75, 3.05) is 0 Å². The summed E-state index contributed by atoms with van der Waals surface area (Å²) in [5, 5.41) is 5.58.